The Hall–Kier alpha value is -2.77. The van der Waals surface area contributed by atoms with Crippen LogP contribution in [0.1, 0.15) is 5.56 Å². The van der Waals surface area contributed by atoms with E-state index >= 15 is 0 Å². The highest BCUT2D eigenvalue weighted by atomic mass is 16.5. The summed E-state index contributed by atoms with van der Waals surface area (Å²) in [5, 5.41) is 12.8. The van der Waals surface area contributed by atoms with Crippen LogP contribution in [0.5, 0.6) is 5.75 Å². The first-order valence-electron chi connectivity index (χ1n) is 9.51. The number of urea groups is 1. The van der Waals surface area contributed by atoms with E-state index in [1.54, 1.807) is 24.3 Å². The normalized spacial score (nSPS) is 15.9. The van der Waals surface area contributed by atoms with E-state index in [0.29, 0.717) is 18.0 Å². The third-order valence-electron chi connectivity index (χ3n) is 4.86. The molecule has 1 atom stereocenters. The Morgan fingerprint density at radius 3 is 2.46 bits per heavy atom. The van der Waals surface area contributed by atoms with Crippen molar-refractivity contribution in [2.75, 3.05) is 49.5 Å². The fourth-order valence-electron chi connectivity index (χ4n) is 3.41. The zero-order valence-corrected chi connectivity index (χ0v) is 16.2. The van der Waals surface area contributed by atoms with Gasteiger partial charge >= 0.3 is 6.03 Å². The van der Waals surface area contributed by atoms with Gasteiger partial charge in [0.15, 0.2) is 0 Å². The second-order valence-electron chi connectivity index (χ2n) is 7.05. The smallest absolute Gasteiger partial charge is 0.316 e. The number of nitrogens with two attached hydrogens (primary N) is 1. The highest BCUT2D eigenvalue weighted by Gasteiger charge is 2.20. The topological polar surface area (TPSA) is 91.1 Å². The number of piperazine rings is 1. The number of nitrogens with zero attached hydrogens (tertiary/aromatic N) is 2. The number of aliphatic hydroxyl groups is 1. The molecule has 1 aliphatic heterocycles. The fraction of sp³-hybridized carbons (Fsp3) is 0.381. The quantitative estimate of drug-likeness (QED) is 0.680. The molecule has 0 bridgehead atoms. The third kappa shape index (κ3) is 5.61. The maximum Gasteiger partial charge on any atom is 0.316 e. The summed E-state index contributed by atoms with van der Waals surface area (Å²) < 4.78 is 5.64. The van der Waals surface area contributed by atoms with Crippen LogP contribution < -0.4 is 20.7 Å². The number of β-amino-alcohol motifs (C(OH)–C–C–N with tert-alkyl or cyclic N) is 1. The van der Waals surface area contributed by atoms with Crippen LogP contribution in [0.25, 0.3) is 0 Å². The Kier molecular flexibility index (Phi) is 6.73. The van der Waals surface area contributed by atoms with Crippen LogP contribution in [0.2, 0.25) is 0 Å². The van der Waals surface area contributed by atoms with E-state index in [1.165, 1.54) is 11.3 Å². The van der Waals surface area contributed by atoms with Crippen molar-refractivity contribution in [1.29, 1.82) is 0 Å². The molecule has 3 rings (SSSR count). The van der Waals surface area contributed by atoms with E-state index < -0.39 is 12.1 Å². The van der Waals surface area contributed by atoms with Gasteiger partial charge < -0.3 is 25.8 Å². The van der Waals surface area contributed by atoms with Crippen LogP contribution in [0, 0.1) is 6.92 Å². The number of primary amides is 1. The van der Waals surface area contributed by atoms with Crippen LogP contribution in [0.3, 0.4) is 0 Å². The monoisotopic (exact) mass is 384 g/mol. The second-order valence-corrected chi connectivity index (χ2v) is 7.05. The Morgan fingerprint density at radius 1 is 1.14 bits per heavy atom. The summed E-state index contributed by atoms with van der Waals surface area (Å²) in [4.78, 5) is 15.5. The third-order valence-corrected chi connectivity index (χ3v) is 4.86. The number of amides is 2. The Balaban J connectivity index is 1.40. The summed E-state index contributed by atoms with van der Waals surface area (Å²) in [6, 6.07) is 14.7. The van der Waals surface area contributed by atoms with Gasteiger partial charge in [0.25, 0.3) is 0 Å². The molecule has 4 N–H and O–H groups in total. The van der Waals surface area contributed by atoms with Gasteiger partial charge in [0.05, 0.1) is 0 Å². The second kappa shape index (κ2) is 9.43. The maximum atomic E-state index is 10.8. The number of benzene rings is 2. The molecule has 7 heteroatoms. The number of hydrogen-bond acceptors (Lipinski definition) is 5. The van der Waals surface area contributed by atoms with Gasteiger partial charge in [-0.2, -0.15) is 0 Å². The minimum Gasteiger partial charge on any atom is -0.491 e. The van der Waals surface area contributed by atoms with Crippen LogP contribution in [-0.2, 0) is 0 Å². The molecular formula is C21H28N4O3. The molecule has 2 aromatic rings. The van der Waals surface area contributed by atoms with Gasteiger partial charge in [-0.25, -0.2) is 4.79 Å². The van der Waals surface area contributed by atoms with Crippen molar-refractivity contribution in [3.63, 3.8) is 0 Å². The predicted molar refractivity (Wildman–Crippen MR) is 111 cm³/mol. The molecule has 2 amide bonds. The van der Waals surface area contributed by atoms with Gasteiger partial charge in [-0.3, -0.25) is 4.90 Å². The average Bonchev–Trinajstić information content (AvgIpc) is 2.68. The standard InChI is InChI=1S/C21H28N4O3/c1-16-4-2-3-5-20(16)25-12-10-24(11-13-25)14-18(26)15-28-19-8-6-17(7-9-19)23-21(22)27/h2-9,18,26H,10-15H2,1H3,(H3,22,23,27). The van der Waals surface area contributed by atoms with Crippen molar-refractivity contribution < 1.29 is 14.6 Å². The zero-order chi connectivity index (χ0) is 19.9. The van der Waals surface area contributed by atoms with Crippen molar-refractivity contribution in [2.24, 2.45) is 5.73 Å². The molecule has 150 valence electrons. The Bertz CT molecular complexity index is 773. The summed E-state index contributed by atoms with van der Waals surface area (Å²) >= 11 is 0. The van der Waals surface area contributed by atoms with Gasteiger partial charge in [0.2, 0.25) is 0 Å². The van der Waals surface area contributed by atoms with Crippen molar-refractivity contribution in [1.82, 2.24) is 4.90 Å². The lowest BCUT2D eigenvalue weighted by Crippen LogP contribution is -2.49. The number of nitrogens with one attached hydrogen (secondary N) is 1. The predicted octanol–water partition coefficient (Wildman–Crippen LogP) is 2.05. The molecule has 0 radical (unpaired) electrons. The van der Waals surface area contributed by atoms with E-state index in [1.807, 2.05) is 0 Å². The minimum absolute atomic E-state index is 0.223. The van der Waals surface area contributed by atoms with E-state index in [2.05, 4.69) is 46.3 Å². The molecule has 0 saturated carbocycles. The summed E-state index contributed by atoms with van der Waals surface area (Å²) in [6.45, 7) is 6.68. The molecule has 0 aromatic heterocycles. The molecule has 1 saturated heterocycles. The first kappa shape index (κ1) is 20.0. The fourth-order valence-corrected chi connectivity index (χ4v) is 3.41. The summed E-state index contributed by atoms with van der Waals surface area (Å²) in [6.07, 6.45) is -0.562. The number of ether oxygens (including phenoxy) is 1. The molecular weight excluding hydrogens is 356 g/mol. The lowest BCUT2D eigenvalue weighted by Gasteiger charge is -2.37. The number of hydrogen-bond donors (Lipinski definition) is 3. The van der Waals surface area contributed by atoms with Crippen molar-refractivity contribution >= 4 is 17.4 Å². The molecule has 0 spiro atoms. The highest BCUT2D eigenvalue weighted by Crippen LogP contribution is 2.21. The molecule has 1 aliphatic rings. The van der Waals surface area contributed by atoms with Crippen molar-refractivity contribution in [3.05, 3.63) is 54.1 Å². The first-order valence-corrected chi connectivity index (χ1v) is 9.51. The largest absolute Gasteiger partial charge is 0.491 e. The maximum absolute atomic E-state index is 10.8. The van der Waals surface area contributed by atoms with Gasteiger partial charge in [0, 0.05) is 44.1 Å². The summed E-state index contributed by atoms with van der Waals surface area (Å²) in [7, 11) is 0. The Morgan fingerprint density at radius 2 is 1.82 bits per heavy atom. The highest BCUT2D eigenvalue weighted by molar-refractivity contribution is 5.87. The summed E-state index contributed by atoms with van der Waals surface area (Å²) in [5.74, 6) is 0.637. The van der Waals surface area contributed by atoms with Gasteiger partial charge in [0.1, 0.15) is 18.5 Å². The first-order chi connectivity index (χ1) is 13.5. The number of anilines is 2. The van der Waals surface area contributed by atoms with Gasteiger partial charge in [-0.05, 0) is 42.8 Å². The number of carbonyl (C=O) groups excluding carboxylic acids is 1. The number of aliphatic hydroxyl groups excluding tert-OH is 1. The van der Waals surface area contributed by atoms with E-state index in [0.717, 1.165) is 26.2 Å². The number of rotatable bonds is 7. The molecule has 1 heterocycles. The van der Waals surface area contributed by atoms with E-state index in [9.17, 15) is 9.90 Å². The number of aryl methyl sites for hydroxylation is 1. The number of para-hydroxylation sites is 1. The van der Waals surface area contributed by atoms with Crippen molar-refractivity contribution in [2.45, 2.75) is 13.0 Å². The van der Waals surface area contributed by atoms with E-state index in [-0.39, 0.29) is 6.61 Å². The molecule has 28 heavy (non-hydrogen) atoms. The summed E-state index contributed by atoms with van der Waals surface area (Å²) in [5.41, 5.74) is 8.27. The SMILES string of the molecule is Cc1ccccc1N1CCN(CC(O)COc2ccc(NC(N)=O)cc2)CC1. The molecule has 7 nitrogen and oxygen atoms in total. The van der Waals surface area contributed by atoms with Crippen molar-refractivity contribution in [3.8, 4) is 5.75 Å². The lowest BCUT2D eigenvalue weighted by molar-refractivity contribution is 0.0663. The molecule has 2 aromatic carbocycles. The van der Waals surface area contributed by atoms with Crippen LogP contribution in [-0.4, -0.2) is 61.5 Å². The molecule has 0 aliphatic carbocycles. The van der Waals surface area contributed by atoms with Crippen LogP contribution in [0.4, 0.5) is 16.2 Å². The van der Waals surface area contributed by atoms with Gasteiger partial charge in [-0.1, -0.05) is 18.2 Å². The zero-order valence-electron chi connectivity index (χ0n) is 16.2. The van der Waals surface area contributed by atoms with Crippen LogP contribution in [0.15, 0.2) is 48.5 Å². The van der Waals surface area contributed by atoms with E-state index in [4.69, 9.17) is 10.5 Å². The molecule has 1 fully saturated rings. The minimum atomic E-state index is -0.605. The average molecular weight is 384 g/mol. The van der Waals surface area contributed by atoms with Gasteiger partial charge in [-0.15, -0.1) is 0 Å². The lowest BCUT2D eigenvalue weighted by atomic mass is 10.1. The molecule has 1 unspecified atom stereocenters. The Labute approximate surface area is 165 Å². The number of carbonyl (C=O) groups is 1. The van der Waals surface area contributed by atoms with Crippen LogP contribution >= 0.6 is 0 Å².